The van der Waals surface area contributed by atoms with Crippen molar-refractivity contribution in [2.24, 2.45) is 5.73 Å². The van der Waals surface area contributed by atoms with Crippen LogP contribution in [0.5, 0.6) is 0 Å². The van der Waals surface area contributed by atoms with Crippen LogP contribution >= 0.6 is 23.5 Å². The molecule has 1 saturated heterocycles. The fourth-order valence-electron chi connectivity index (χ4n) is 2.90. The van der Waals surface area contributed by atoms with Crippen LogP contribution in [0.4, 0.5) is 0 Å². The summed E-state index contributed by atoms with van der Waals surface area (Å²) in [5.74, 6) is 4.48. The molecule has 0 amide bonds. The van der Waals surface area contributed by atoms with E-state index >= 15 is 0 Å². The van der Waals surface area contributed by atoms with Crippen molar-refractivity contribution in [1.82, 2.24) is 10.1 Å². The molecule has 0 aromatic carbocycles. The molecule has 6 heteroatoms. The maximum atomic E-state index is 6.04. The highest BCUT2D eigenvalue weighted by atomic mass is 32.2. The monoisotopic (exact) mass is 299 g/mol. The number of aromatic nitrogens is 2. The average Bonchev–Trinajstić information content (AvgIpc) is 2.89. The predicted molar refractivity (Wildman–Crippen MR) is 80.6 cm³/mol. The van der Waals surface area contributed by atoms with Crippen LogP contribution in [0.1, 0.15) is 55.5 Å². The Morgan fingerprint density at radius 1 is 1.26 bits per heavy atom. The van der Waals surface area contributed by atoms with Gasteiger partial charge in [-0.2, -0.15) is 16.7 Å². The van der Waals surface area contributed by atoms with Crippen LogP contribution in [0.3, 0.4) is 0 Å². The molecule has 0 bridgehead atoms. The summed E-state index contributed by atoms with van der Waals surface area (Å²) < 4.78 is 5.51. The van der Waals surface area contributed by atoms with E-state index < -0.39 is 0 Å². The van der Waals surface area contributed by atoms with Gasteiger partial charge >= 0.3 is 0 Å². The first-order valence-electron chi connectivity index (χ1n) is 7.06. The van der Waals surface area contributed by atoms with Gasteiger partial charge in [0.15, 0.2) is 5.82 Å². The number of nitrogens with two attached hydrogens (primary N) is 1. The van der Waals surface area contributed by atoms with Crippen LogP contribution in [0, 0.1) is 0 Å². The SMILES string of the molecule is CC1SCCSC1c1noc(C2CCCC(N)C2)n1. The van der Waals surface area contributed by atoms with Crippen molar-refractivity contribution in [3.05, 3.63) is 11.7 Å². The van der Waals surface area contributed by atoms with E-state index in [4.69, 9.17) is 10.3 Å². The summed E-state index contributed by atoms with van der Waals surface area (Å²) in [5.41, 5.74) is 6.04. The number of thioether (sulfide) groups is 2. The summed E-state index contributed by atoms with van der Waals surface area (Å²) in [6.07, 6.45) is 4.43. The van der Waals surface area contributed by atoms with E-state index in [0.717, 1.165) is 31.0 Å². The van der Waals surface area contributed by atoms with Gasteiger partial charge < -0.3 is 10.3 Å². The maximum Gasteiger partial charge on any atom is 0.229 e. The van der Waals surface area contributed by atoms with E-state index in [-0.39, 0.29) is 0 Å². The van der Waals surface area contributed by atoms with Gasteiger partial charge in [-0.1, -0.05) is 18.5 Å². The van der Waals surface area contributed by atoms with E-state index in [1.807, 2.05) is 23.5 Å². The van der Waals surface area contributed by atoms with E-state index in [0.29, 0.717) is 22.5 Å². The maximum absolute atomic E-state index is 6.04. The van der Waals surface area contributed by atoms with Crippen LogP contribution < -0.4 is 5.73 Å². The summed E-state index contributed by atoms with van der Waals surface area (Å²) in [5, 5.41) is 5.18. The van der Waals surface area contributed by atoms with Gasteiger partial charge in [0.05, 0.1) is 5.25 Å². The van der Waals surface area contributed by atoms with Crippen molar-refractivity contribution in [3.63, 3.8) is 0 Å². The normalized spacial score (nSPS) is 36.3. The molecule has 0 radical (unpaired) electrons. The molecule has 2 aliphatic rings. The third-order valence-corrected chi connectivity index (χ3v) is 7.05. The van der Waals surface area contributed by atoms with Crippen molar-refractivity contribution >= 4 is 23.5 Å². The smallest absolute Gasteiger partial charge is 0.229 e. The lowest BCUT2D eigenvalue weighted by Crippen LogP contribution is -2.27. The standard InChI is InChI=1S/C13H21N3OS2/c1-8-11(19-6-5-18-8)12-15-13(17-16-12)9-3-2-4-10(14)7-9/h8-11H,2-7,14H2,1H3. The summed E-state index contributed by atoms with van der Waals surface area (Å²) in [4.78, 5) is 4.67. The van der Waals surface area contributed by atoms with Gasteiger partial charge in [-0.15, -0.1) is 11.8 Å². The number of hydrogen-bond donors (Lipinski definition) is 1. The first kappa shape index (κ1) is 13.8. The van der Waals surface area contributed by atoms with Crippen molar-refractivity contribution in [2.45, 2.75) is 55.1 Å². The zero-order valence-corrected chi connectivity index (χ0v) is 12.9. The van der Waals surface area contributed by atoms with Gasteiger partial charge in [0.25, 0.3) is 0 Å². The van der Waals surface area contributed by atoms with Gasteiger partial charge in [-0.05, 0) is 19.3 Å². The summed E-state index contributed by atoms with van der Waals surface area (Å²) in [7, 11) is 0. The second-order valence-corrected chi connectivity index (χ2v) is 8.22. The van der Waals surface area contributed by atoms with Gasteiger partial charge in [-0.3, -0.25) is 0 Å². The highest BCUT2D eigenvalue weighted by Gasteiger charge is 2.31. The van der Waals surface area contributed by atoms with Crippen molar-refractivity contribution < 1.29 is 4.52 Å². The minimum absolute atomic E-state index is 0.299. The van der Waals surface area contributed by atoms with Crippen LogP contribution in [0.15, 0.2) is 4.52 Å². The molecule has 2 fully saturated rings. The highest BCUT2D eigenvalue weighted by Crippen LogP contribution is 2.42. The fourth-order valence-corrected chi connectivity index (χ4v) is 5.58. The first-order chi connectivity index (χ1) is 9.24. The lowest BCUT2D eigenvalue weighted by atomic mass is 9.86. The van der Waals surface area contributed by atoms with Crippen molar-refractivity contribution in [2.75, 3.05) is 11.5 Å². The van der Waals surface area contributed by atoms with E-state index in [9.17, 15) is 0 Å². The molecule has 19 heavy (non-hydrogen) atoms. The zero-order valence-electron chi connectivity index (χ0n) is 11.2. The molecule has 1 aromatic rings. The van der Waals surface area contributed by atoms with E-state index in [1.54, 1.807) is 0 Å². The molecule has 0 spiro atoms. The molecule has 3 rings (SSSR count). The molecule has 1 aliphatic heterocycles. The Morgan fingerprint density at radius 3 is 2.89 bits per heavy atom. The molecule has 4 atom stereocenters. The quantitative estimate of drug-likeness (QED) is 0.905. The topological polar surface area (TPSA) is 64.9 Å². The molecule has 1 aliphatic carbocycles. The average molecular weight is 299 g/mol. The number of nitrogens with zero attached hydrogens (tertiary/aromatic N) is 2. The zero-order chi connectivity index (χ0) is 13.2. The first-order valence-corrected chi connectivity index (χ1v) is 9.16. The Labute approximate surface area is 122 Å². The van der Waals surface area contributed by atoms with Crippen LogP contribution in [0.25, 0.3) is 0 Å². The van der Waals surface area contributed by atoms with Gasteiger partial charge in [0.2, 0.25) is 5.89 Å². The molecule has 4 nitrogen and oxygen atoms in total. The van der Waals surface area contributed by atoms with Gasteiger partial charge in [0, 0.05) is 28.7 Å². The third-order valence-electron chi connectivity index (χ3n) is 3.96. The largest absolute Gasteiger partial charge is 0.339 e. The Balaban J connectivity index is 1.71. The fraction of sp³-hybridized carbons (Fsp3) is 0.846. The van der Waals surface area contributed by atoms with E-state index in [2.05, 4.69) is 17.1 Å². The minimum Gasteiger partial charge on any atom is -0.339 e. The van der Waals surface area contributed by atoms with Gasteiger partial charge in [-0.25, -0.2) is 0 Å². The lowest BCUT2D eigenvalue weighted by Gasteiger charge is -2.25. The van der Waals surface area contributed by atoms with Crippen molar-refractivity contribution in [1.29, 1.82) is 0 Å². The second-order valence-electron chi connectivity index (χ2n) is 5.48. The Hall–Kier alpha value is -0.200. The molecule has 106 valence electrons. The van der Waals surface area contributed by atoms with Crippen LogP contribution in [-0.2, 0) is 0 Å². The van der Waals surface area contributed by atoms with Crippen molar-refractivity contribution in [3.8, 4) is 0 Å². The molecule has 2 N–H and O–H groups in total. The molecule has 1 aromatic heterocycles. The molecular weight excluding hydrogens is 278 g/mol. The Bertz CT molecular complexity index is 426. The Kier molecular flexibility index (Phi) is 4.39. The molecular formula is C13H21N3OS2. The van der Waals surface area contributed by atoms with Crippen LogP contribution in [0.2, 0.25) is 0 Å². The molecule has 1 saturated carbocycles. The summed E-state index contributed by atoms with van der Waals surface area (Å²) in [6, 6.07) is 0.299. The third kappa shape index (κ3) is 3.11. The Morgan fingerprint density at radius 2 is 2.11 bits per heavy atom. The minimum atomic E-state index is 0.299. The predicted octanol–water partition coefficient (Wildman–Crippen LogP) is 2.96. The molecule has 2 heterocycles. The number of hydrogen-bond acceptors (Lipinski definition) is 6. The molecule has 4 unspecified atom stereocenters. The highest BCUT2D eigenvalue weighted by molar-refractivity contribution is 8.06. The summed E-state index contributed by atoms with van der Waals surface area (Å²) in [6.45, 7) is 2.26. The summed E-state index contributed by atoms with van der Waals surface area (Å²) >= 11 is 3.96. The van der Waals surface area contributed by atoms with E-state index in [1.165, 1.54) is 17.9 Å². The lowest BCUT2D eigenvalue weighted by molar-refractivity contribution is 0.297. The van der Waals surface area contributed by atoms with Gasteiger partial charge in [0.1, 0.15) is 0 Å². The second kappa shape index (κ2) is 6.06. The number of rotatable bonds is 2. The van der Waals surface area contributed by atoms with Crippen LogP contribution in [-0.4, -0.2) is 32.9 Å².